The van der Waals surface area contributed by atoms with Crippen molar-refractivity contribution in [2.24, 2.45) is 0 Å². The van der Waals surface area contributed by atoms with Crippen LogP contribution in [0.5, 0.6) is 0 Å². The van der Waals surface area contributed by atoms with Gasteiger partial charge in [0.1, 0.15) is 0 Å². The predicted molar refractivity (Wildman–Crippen MR) is 97.6 cm³/mol. The molecule has 0 fully saturated rings. The Balaban J connectivity index is 1.99. The molecule has 0 heterocycles. The molecule has 2 nitrogen and oxygen atoms in total. The van der Waals surface area contributed by atoms with Crippen LogP contribution in [0.1, 0.15) is 36.1 Å². The summed E-state index contributed by atoms with van der Waals surface area (Å²) in [5.74, 6) is 0. The van der Waals surface area contributed by atoms with Crippen LogP contribution in [-0.2, 0) is 0 Å². The molecular formula is C21H25N2. The molecule has 2 heteroatoms. The van der Waals surface area contributed by atoms with E-state index in [4.69, 9.17) is 10.6 Å². The average molecular weight is 305 g/mol. The lowest BCUT2D eigenvalue weighted by atomic mass is 10.0. The molecular weight excluding hydrogens is 280 g/mol. The van der Waals surface area contributed by atoms with Gasteiger partial charge in [-0.15, -0.1) is 0 Å². The van der Waals surface area contributed by atoms with Crippen LogP contribution >= 0.6 is 0 Å². The largest absolute Gasteiger partial charge is 0.276 e. The minimum atomic E-state index is 0.967. The number of hydrogen-bond acceptors (Lipinski definition) is 0. The van der Waals surface area contributed by atoms with Crippen molar-refractivity contribution in [1.29, 1.82) is 0 Å². The number of aryl methyl sites for hydroxylation is 4. The predicted octanol–water partition coefficient (Wildman–Crippen LogP) is 5.40. The highest BCUT2D eigenvalue weighted by atomic mass is 15.0. The molecule has 0 unspecified atom stereocenters. The summed E-state index contributed by atoms with van der Waals surface area (Å²) in [7, 11) is 0. The quantitative estimate of drug-likeness (QED) is 0.683. The normalized spacial score (nSPS) is 11.1. The van der Waals surface area contributed by atoms with E-state index in [2.05, 4.69) is 64.1 Å². The zero-order chi connectivity index (χ0) is 17.0. The van der Waals surface area contributed by atoms with Crippen LogP contribution in [0.2, 0.25) is 0 Å². The van der Waals surface area contributed by atoms with Crippen molar-refractivity contribution in [3.8, 4) is 0 Å². The van der Waals surface area contributed by atoms with Gasteiger partial charge < -0.3 is 0 Å². The van der Waals surface area contributed by atoms with Crippen LogP contribution < -0.4 is 10.6 Å². The molecule has 5 radical (unpaired) electrons. The van der Waals surface area contributed by atoms with Crippen LogP contribution in [0, 0.1) is 46.2 Å². The molecule has 0 aromatic heterocycles. The second-order valence-electron chi connectivity index (χ2n) is 6.13. The molecule has 0 saturated carbocycles. The van der Waals surface area contributed by atoms with Gasteiger partial charge in [0.05, 0.1) is 23.5 Å². The van der Waals surface area contributed by atoms with Gasteiger partial charge in [-0.05, 0) is 63.8 Å². The van der Waals surface area contributed by atoms with Crippen molar-refractivity contribution >= 4 is 11.4 Å². The maximum atomic E-state index is 4.76. The Morgan fingerprint density at radius 1 is 0.652 bits per heavy atom. The first-order chi connectivity index (χ1) is 10.9. The van der Waals surface area contributed by atoms with E-state index in [0.717, 1.165) is 23.5 Å². The molecule has 2 rings (SSSR count). The van der Waals surface area contributed by atoms with Crippen molar-refractivity contribution in [3.05, 3.63) is 77.2 Å². The third-order valence-corrected chi connectivity index (χ3v) is 3.87. The number of para-hydroxylation sites is 2. The van der Waals surface area contributed by atoms with Gasteiger partial charge in [-0.2, -0.15) is 0 Å². The summed E-state index contributed by atoms with van der Waals surface area (Å²) in [6, 6.07) is 14.4. The summed E-state index contributed by atoms with van der Waals surface area (Å²) >= 11 is 0. The molecule has 0 amide bonds. The molecule has 2 aromatic carbocycles. The summed E-state index contributed by atoms with van der Waals surface area (Å²) in [6.07, 6.45) is 2.04. The minimum absolute atomic E-state index is 0.967. The van der Waals surface area contributed by atoms with Crippen LogP contribution in [0.3, 0.4) is 0 Å². The highest BCUT2D eigenvalue weighted by Gasteiger charge is 2.17. The van der Waals surface area contributed by atoms with E-state index in [1.807, 2.05) is 20.3 Å². The third kappa shape index (κ3) is 4.51. The Kier molecular flexibility index (Phi) is 5.70. The van der Waals surface area contributed by atoms with Gasteiger partial charge in [-0.25, -0.2) is 0 Å². The fourth-order valence-corrected chi connectivity index (χ4v) is 2.68. The Morgan fingerprint density at radius 3 is 1.26 bits per heavy atom. The molecule has 0 N–H and O–H groups in total. The highest BCUT2D eigenvalue weighted by molar-refractivity contribution is 5.54. The maximum absolute atomic E-state index is 4.76. The van der Waals surface area contributed by atoms with Crippen molar-refractivity contribution in [3.63, 3.8) is 0 Å². The Hall–Kier alpha value is -1.96. The third-order valence-electron chi connectivity index (χ3n) is 3.87. The van der Waals surface area contributed by atoms with Gasteiger partial charge in [-0.1, -0.05) is 36.4 Å². The van der Waals surface area contributed by atoms with E-state index in [-0.39, 0.29) is 0 Å². The molecule has 0 saturated heterocycles. The minimum Gasteiger partial charge on any atom is -0.276 e. The highest BCUT2D eigenvalue weighted by Crippen LogP contribution is 2.27. The summed E-state index contributed by atoms with van der Waals surface area (Å²) in [6.45, 7) is 12.4. The topological polar surface area (TPSA) is 28.2 Å². The standard InChI is InChI=1S/C21H25N2/c1-14-9-7-10-15(2)20(14)22-18(5)13-19(6)23-21-16(3)11-8-12-17(21)4/h7-13H,1-6H3. The lowest BCUT2D eigenvalue weighted by molar-refractivity contribution is 0.792. The molecule has 0 aliphatic heterocycles. The van der Waals surface area contributed by atoms with Gasteiger partial charge in [-0.3, -0.25) is 10.6 Å². The lowest BCUT2D eigenvalue weighted by Gasteiger charge is -2.19. The fraction of sp³-hybridized carbons (Fsp3) is 0.286. The number of hydrogen-bond donors (Lipinski definition) is 0. The van der Waals surface area contributed by atoms with Gasteiger partial charge >= 0.3 is 0 Å². The number of nitrogens with zero attached hydrogens (tertiary/aromatic N) is 2. The van der Waals surface area contributed by atoms with Crippen molar-refractivity contribution in [2.45, 2.75) is 41.5 Å². The summed E-state index contributed by atoms with van der Waals surface area (Å²) in [5, 5.41) is 9.53. The molecule has 119 valence electrons. The second kappa shape index (κ2) is 7.54. The molecule has 0 aliphatic carbocycles. The Labute approximate surface area is 141 Å². The van der Waals surface area contributed by atoms with E-state index in [1.54, 1.807) is 0 Å². The molecule has 0 bridgehead atoms. The van der Waals surface area contributed by atoms with Crippen LogP contribution in [-0.4, -0.2) is 0 Å². The van der Waals surface area contributed by atoms with E-state index < -0.39 is 0 Å². The second-order valence-corrected chi connectivity index (χ2v) is 6.13. The maximum Gasteiger partial charge on any atom is 0.0895 e. The summed E-state index contributed by atoms with van der Waals surface area (Å²) in [5.41, 5.74) is 6.90. The van der Waals surface area contributed by atoms with E-state index >= 15 is 0 Å². The number of rotatable bonds is 6. The van der Waals surface area contributed by atoms with Crippen molar-refractivity contribution in [1.82, 2.24) is 10.6 Å². The van der Waals surface area contributed by atoms with Crippen LogP contribution in [0.25, 0.3) is 0 Å². The molecule has 0 aliphatic rings. The van der Waals surface area contributed by atoms with Crippen molar-refractivity contribution in [2.75, 3.05) is 0 Å². The molecule has 2 aromatic rings. The molecule has 23 heavy (non-hydrogen) atoms. The first-order valence-electron chi connectivity index (χ1n) is 7.96. The smallest absolute Gasteiger partial charge is 0.0895 e. The Morgan fingerprint density at radius 2 is 0.957 bits per heavy atom. The van der Waals surface area contributed by atoms with Gasteiger partial charge in [0.25, 0.3) is 0 Å². The number of benzene rings is 2. The zero-order valence-electron chi connectivity index (χ0n) is 14.9. The first kappa shape index (κ1) is 17.4. The fourth-order valence-electron chi connectivity index (χ4n) is 2.68. The van der Waals surface area contributed by atoms with Gasteiger partial charge in [0.15, 0.2) is 0 Å². The summed E-state index contributed by atoms with van der Waals surface area (Å²) < 4.78 is 0. The molecule has 0 atom stereocenters. The van der Waals surface area contributed by atoms with E-state index in [1.165, 1.54) is 22.3 Å². The molecule has 0 spiro atoms. The van der Waals surface area contributed by atoms with E-state index in [0.29, 0.717) is 0 Å². The first-order valence-corrected chi connectivity index (χ1v) is 7.96. The Bertz CT molecular complexity index is 563. The van der Waals surface area contributed by atoms with Crippen LogP contribution in [0.4, 0.5) is 11.4 Å². The monoisotopic (exact) mass is 305 g/mol. The van der Waals surface area contributed by atoms with Crippen molar-refractivity contribution < 1.29 is 0 Å². The van der Waals surface area contributed by atoms with Crippen LogP contribution in [0.15, 0.2) is 36.4 Å². The van der Waals surface area contributed by atoms with Gasteiger partial charge in [0.2, 0.25) is 0 Å². The van der Waals surface area contributed by atoms with Gasteiger partial charge in [0, 0.05) is 6.42 Å². The van der Waals surface area contributed by atoms with E-state index in [9.17, 15) is 0 Å². The lowest BCUT2D eigenvalue weighted by Crippen LogP contribution is -2.16. The zero-order valence-corrected chi connectivity index (χ0v) is 14.9. The average Bonchev–Trinajstić information content (AvgIpc) is 2.47. The summed E-state index contributed by atoms with van der Waals surface area (Å²) in [4.78, 5) is 0. The SMILES string of the molecule is C[C]([CH][C](C)[N]c1c(C)cccc1C)[N]c1c(C)cccc1C.